The van der Waals surface area contributed by atoms with E-state index in [2.05, 4.69) is 15.5 Å². The Balaban J connectivity index is 1.85. The number of hydrogen-bond acceptors (Lipinski definition) is 4. The van der Waals surface area contributed by atoms with Crippen LogP contribution in [0.15, 0.2) is 36.5 Å². The van der Waals surface area contributed by atoms with E-state index < -0.39 is 20.7 Å². The Morgan fingerprint density at radius 3 is 2.64 bits per heavy atom. The van der Waals surface area contributed by atoms with Gasteiger partial charge in [-0.15, -0.1) is 0 Å². The predicted molar refractivity (Wildman–Crippen MR) is 82.3 cm³/mol. The highest BCUT2D eigenvalue weighted by molar-refractivity contribution is 7.91. The molecule has 1 saturated carbocycles. The van der Waals surface area contributed by atoms with Crippen molar-refractivity contribution in [3.63, 3.8) is 0 Å². The van der Waals surface area contributed by atoms with Gasteiger partial charge in [-0.25, -0.2) is 13.6 Å². The van der Waals surface area contributed by atoms with E-state index in [1.807, 2.05) is 6.07 Å². The summed E-state index contributed by atoms with van der Waals surface area (Å²) < 4.78 is 22.0. The number of sulfonamides is 1. The molecule has 4 N–H and O–H groups in total. The van der Waals surface area contributed by atoms with Crippen LogP contribution in [0.25, 0.3) is 11.3 Å². The summed E-state index contributed by atoms with van der Waals surface area (Å²) in [5.74, 6) is -0.567. The average Bonchev–Trinajstić information content (AvgIpc) is 2.89. The standard InChI is InChI=1S/C14H16N4O3S/c15-22(20,21)14(6-2-7-14)13(19)17-11-4-1-3-10(9-11)12-5-8-16-18-12/h1,3-5,8-9H,2,6-7H2,(H,16,18)(H,17,19)(H2,15,20,21). The van der Waals surface area contributed by atoms with Gasteiger partial charge in [0.15, 0.2) is 4.75 Å². The number of nitrogens with one attached hydrogen (secondary N) is 2. The highest BCUT2D eigenvalue weighted by atomic mass is 32.2. The number of nitrogens with two attached hydrogens (primary N) is 1. The normalized spacial score (nSPS) is 16.8. The van der Waals surface area contributed by atoms with E-state index in [4.69, 9.17) is 5.14 Å². The Kier molecular flexibility index (Phi) is 3.50. The number of nitrogens with zero attached hydrogens (tertiary/aromatic N) is 1. The summed E-state index contributed by atoms with van der Waals surface area (Å²) in [5.41, 5.74) is 2.17. The van der Waals surface area contributed by atoms with Crippen LogP contribution in [0.3, 0.4) is 0 Å². The van der Waals surface area contributed by atoms with Gasteiger partial charge < -0.3 is 5.32 Å². The van der Waals surface area contributed by atoms with Crippen LogP contribution in [-0.4, -0.2) is 29.3 Å². The Hall–Kier alpha value is -2.19. The lowest BCUT2D eigenvalue weighted by Gasteiger charge is -2.37. The van der Waals surface area contributed by atoms with Crippen LogP contribution in [0.2, 0.25) is 0 Å². The second kappa shape index (κ2) is 5.22. The number of aromatic nitrogens is 2. The number of aromatic amines is 1. The number of benzene rings is 1. The molecule has 2 aromatic rings. The Morgan fingerprint density at radius 2 is 2.09 bits per heavy atom. The van der Waals surface area contributed by atoms with Crippen LogP contribution >= 0.6 is 0 Å². The number of carbonyl (C=O) groups excluding carboxylic acids is 1. The molecular formula is C14H16N4O3S. The third kappa shape index (κ3) is 2.40. The maximum absolute atomic E-state index is 12.4. The highest BCUT2D eigenvalue weighted by Crippen LogP contribution is 2.39. The Labute approximate surface area is 128 Å². The van der Waals surface area contributed by atoms with Crippen molar-refractivity contribution in [1.82, 2.24) is 10.2 Å². The largest absolute Gasteiger partial charge is 0.325 e. The topological polar surface area (TPSA) is 118 Å². The van der Waals surface area contributed by atoms with E-state index in [0.717, 1.165) is 11.3 Å². The fraction of sp³-hybridized carbons (Fsp3) is 0.286. The first-order chi connectivity index (χ1) is 10.4. The molecule has 0 spiro atoms. The molecule has 0 radical (unpaired) electrons. The second-order valence-electron chi connectivity index (χ2n) is 5.40. The van der Waals surface area contributed by atoms with Crippen LogP contribution in [0.5, 0.6) is 0 Å². The molecule has 1 heterocycles. The molecule has 1 amide bonds. The summed E-state index contributed by atoms with van der Waals surface area (Å²) >= 11 is 0. The number of anilines is 1. The molecule has 0 saturated heterocycles. The van der Waals surface area contributed by atoms with Crippen molar-refractivity contribution < 1.29 is 13.2 Å². The number of carbonyl (C=O) groups is 1. The van der Waals surface area contributed by atoms with Crippen molar-refractivity contribution in [3.05, 3.63) is 36.5 Å². The molecule has 0 unspecified atom stereocenters. The van der Waals surface area contributed by atoms with Crippen LogP contribution in [0.1, 0.15) is 19.3 Å². The fourth-order valence-electron chi connectivity index (χ4n) is 2.56. The van der Waals surface area contributed by atoms with Crippen molar-refractivity contribution in [3.8, 4) is 11.3 Å². The smallest absolute Gasteiger partial charge is 0.247 e. The number of primary sulfonamides is 1. The molecule has 22 heavy (non-hydrogen) atoms. The summed E-state index contributed by atoms with van der Waals surface area (Å²) in [4.78, 5) is 12.4. The summed E-state index contributed by atoms with van der Waals surface area (Å²) in [6, 6.07) is 8.89. The molecule has 1 aliphatic carbocycles. The lowest BCUT2D eigenvalue weighted by Crippen LogP contribution is -2.57. The molecule has 1 aliphatic rings. The monoisotopic (exact) mass is 320 g/mol. The van der Waals surface area contributed by atoms with Crippen molar-refractivity contribution in [2.45, 2.75) is 24.0 Å². The van der Waals surface area contributed by atoms with Crippen molar-refractivity contribution in [2.75, 3.05) is 5.32 Å². The van der Waals surface area contributed by atoms with Crippen molar-refractivity contribution in [1.29, 1.82) is 0 Å². The number of hydrogen-bond donors (Lipinski definition) is 3. The van der Waals surface area contributed by atoms with Gasteiger partial charge in [0.05, 0.1) is 5.69 Å². The average molecular weight is 320 g/mol. The molecule has 1 aromatic heterocycles. The van der Waals surface area contributed by atoms with E-state index >= 15 is 0 Å². The molecule has 3 rings (SSSR count). The molecule has 0 bridgehead atoms. The Morgan fingerprint density at radius 1 is 1.32 bits per heavy atom. The SMILES string of the molecule is NS(=O)(=O)C1(C(=O)Nc2cccc(-c3ccn[nH]3)c2)CCC1. The van der Waals surface area contributed by atoms with E-state index in [1.165, 1.54) is 0 Å². The molecule has 116 valence electrons. The second-order valence-corrected chi connectivity index (χ2v) is 7.27. The van der Waals surface area contributed by atoms with E-state index in [-0.39, 0.29) is 12.8 Å². The zero-order chi connectivity index (χ0) is 15.8. The van der Waals surface area contributed by atoms with Gasteiger partial charge >= 0.3 is 0 Å². The van der Waals surface area contributed by atoms with Crippen molar-refractivity contribution >= 4 is 21.6 Å². The summed E-state index contributed by atoms with van der Waals surface area (Å²) in [7, 11) is -3.93. The lowest BCUT2D eigenvalue weighted by atomic mass is 9.83. The van der Waals surface area contributed by atoms with Crippen LogP contribution in [0.4, 0.5) is 5.69 Å². The molecule has 8 heteroatoms. The zero-order valence-electron chi connectivity index (χ0n) is 11.7. The maximum atomic E-state index is 12.4. The third-order valence-corrected chi connectivity index (χ3v) is 5.73. The Bertz CT molecular complexity index is 795. The van der Waals surface area contributed by atoms with Gasteiger partial charge in [-0.05, 0) is 37.5 Å². The molecule has 0 aliphatic heterocycles. The highest BCUT2D eigenvalue weighted by Gasteiger charge is 2.53. The predicted octanol–water partition coefficient (Wildman–Crippen LogP) is 1.23. The first-order valence-electron chi connectivity index (χ1n) is 6.86. The zero-order valence-corrected chi connectivity index (χ0v) is 12.6. The van der Waals surface area contributed by atoms with Crippen LogP contribution < -0.4 is 10.5 Å². The molecule has 7 nitrogen and oxygen atoms in total. The van der Waals surface area contributed by atoms with Gasteiger partial charge in [-0.2, -0.15) is 5.10 Å². The van der Waals surface area contributed by atoms with Crippen LogP contribution in [0, 0.1) is 0 Å². The third-order valence-electron chi connectivity index (χ3n) is 4.05. The van der Waals surface area contributed by atoms with Gasteiger partial charge in [0, 0.05) is 17.4 Å². The summed E-state index contributed by atoms with van der Waals surface area (Å²) in [6.45, 7) is 0. The number of amides is 1. The van der Waals surface area contributed by atoms with Crippen LogP contribution in [-0.2, 0) is 14.8 Å². The quantitative estimate of drug-likeness (QED) is 0.785. The van der Waals surface area contributed by atoms with E-state index in [0.29, 0.717) is 12.1 Å². The van der Waals surface area contributed by atoms with E-state index in [1.54, 1.807) is 30.5 Å². The van der Waals surface area contributed by atoms with Crippen molar-refractivity contribution in [2.24, 2.45) is 5.14 Å². The number of rotatable bonds is 4. The fourth-order valence-corrected chi connectivity index (χ4v) is 3.73. The van der Waals surface area contributed by atoms with Gasteiger partial charge in [0.2, 0.25) is 15.9 Å². The lowest BCUT2D eigenvalue weighted by molar-refractivity contribution is -0.120. The minimum atomic E-state index is -3.93. The molecule has 1 fully saturated rings. The minimum Gasteiger partial charge on any atom is -0.325 e. The first-order valence-corrected chi connectivity index (χ1v) is 8.41. The molecular weight excluding hydrogens is 304 g/mol. The van der Waals surface area contributed by atoms with Gasteiger partial charge in [0.1, 0.15) is 0 Å². The summed E-state index contributed by atoms with van der Waals surface area (Å²) in [6.07, 6.45) is 2.83. The van der Waals surface area contributed by atoms with Gasteiger partial charge in [0.25, 0.3) is 0 Å². The maximum Gasteiger partial charge on any atom is 0.247 e. The van der Waals surface area contributed by atoms with E-state index in [9.17, 15) is 13.2 Å². The summed E-state index contributed by atoms with van der Waals surface area (Å²) in [5, 5.41) is 14.6. The van der Waals surface area contributed by atoms with Gasteiger partial charge in [-0.3, -0.25) is 9.89 Å². The first kappa shape index (κ1) is 14.7. The molecule has 0 atom stereocenters. The van der Waals surface area contributed by atoms with Gasteiger partial charge in [-0.1, -0.05) is 12.1 Å². The molecule has 1 aromatic carbocycles. The minimum absolute atomic E-state index is 0.262. The number of H-pyrrole nitrogens is 1.